The van der Waals surface area contributed by atoms with Gasteiger partial charge in [-0.05, 0) is 55.2 Å². The maximum Gasteiger partial charge on any atom is 0.254 e. The van der Waals surface area contributed by atoms with Gasteiger partial charge < -0.3 is 20.1 Å². The zero-order valence-corrected chi connectivity index (χ0v) is 13.6. The number of aryl methyl sites for hydroxylation is 1. The summed E-state index contributed by atoms with van der Waals surface area (Å²) in [5.41, 5.74) is 9.21. The van der Waals surface area contributed by atoms with Crippen molar-refractivity contribution >= 4 is 11.6 Å². The zero-order chi connectivity index (χ0) is 16.7. The number of amides is 1. The Morgan fingerprint density at radius 2 is 2.00 bits per heavy atom. The van der Waals surface area contributed by atoms with Crippen molar-refractivity contribution < 1.29 is 14.3 Å². The summed E-state index contributed by atoms with van der Waals surface area (Å²) in [4.78, 5) is 15.0. The van der Waals surface area contributed by atoms with Crippen LogP contribution in [0.25, 0.3) is 0 Å². The molecule has 0 saturated carbocycles. The van der Waals surface area contributed by atoms with E-state index in [1.807, 2.05) is 42.2 Å². The number of likely N-dealkylation sites (tertiary alicyclic amines) is 1. The normalized spacial score (nSPS) is 18.9. The summed E-state index contributed by atoms with van der Waals surface area (Å²) in [6, 6.07) is 11.5. The average Bonchev–Trinajstić information content (AvgIpc) is 3.24. The molecule has 24 heavy (non-hydrogen) atoms. The molecule has 2 aliphatic heterocycles. The van der Waals surface area contributed by atoms with Gasteiger partial charge in [-0.15, -0.1) is 0 Å². The molecule has 1 fully saturated rings. The van der Waals surface area contributed by atoms with Crippen molar-refractivity contribution in [1.82, 2.24) is 4.90 Å². The number of carbonyl (C=O) groups is 1. The lowest BCUT2D eigenvalue weighted by molar-refractivity contribution is 0.0734. The summed E-state index contributed by atoms with van der Waals surface area (Å²) in [5.74, 6) is 1.56. The second kappa shape index (κ2) is 5.74. The van der Waals surface area contributed by atoms with Gasteiger partial charge in [0.1, 0.15) is 0 Å². The SMILES string of the molecule is Cc1ccc(N)cc1C(=O)N1CCCC1c1ccc2c(c1)OCO2. The molecule has 0 bridgehead atoms. The molecular formula is C19H20N2O3. The molecule has 2 aromatic carbocycles. The molecule has 1 saturated heterocycles. The Morgan fingerprint density at radius 3 is 2.88 bits per heavy atom. The fourth-order valence-electron chi connectivity index (χ4n) is 3.50. The number of hydrogen-bond acceptors (Lipinski definition) is 4. The van der Waals surface area contributed by atoms with Crippen LogP contribution in [0.5, 0.6) is 11.5 Å². The van der Waals surface area contributed by atoms with Crippen molar-refractivity contribution in [2.75, 3.05) is 19.1 Å². The highest BCUT2D eigenvalue weighted by Crippen LogP contribution is 2.39. The van der Waals surface area contributed by atoms with Gasteiger partial charge in [0.2, 0.25) is 6.79 Å². The minimum atomic E-state index is 0.0416. The highest BCUT2D eigenvalue weighted by molar-refractivity contribution is 5.97. The monoisotopic (exact) mass is 324 g/mol. The third kappa shape index (κ3) is 2.46. The van der Waals surface area contributed by atoms with E-state index in [4.69, 9.17) is 15.2 Å². The lowest BCUT2D eigenvalue weighted by atomic mass is 10.0. The fourth-order valence-corrected chi connectivity index (χ4v) is 3.50. The Labute approximate surface area is 141 Å². The second-order valence-corrected chi connectivity index (χ2v) is 6.34. The van der Waals surface area contributed by atoms with Crippen LogP contribution in [0.15, 0.2) is 36.4 Å². The van der Waals surface area contributed by atoms with Crippen LogP contribution in [0.3, 0.4) is 0 Å². The Balaban J connectivity index is 1.65. The van der Waals surface area contributed by atoms with Gasteiger partial charge in [0.25, 0.3) is 5.91 Å². The molecule has 0 radical (unpaired) electrons. The summed E-state index contributed by atoms with van der Waals surface area (Å²) in [5, 5.41) is 0. The summed E-state index contributed by atoms with van der Waals surface area (Å²) in [7, 11) is 0. The summed E-state index contributed by atoms with van der Waals surface area (Å²) in [6.45, 7) is 2.96. The molecule has 2 heterocycles. The van der Waals surface area contributed by atoms with E-state index in [1.54, 1.807) is 6.07 Å². The molecule has 5 heteroatoms. The molecule has 4 rings (SSSR count). The maximum absolute atomic E-state index is 13.1. The van der Waals surface area contributed by atoms with Crippen LogP contribution in [0.4, 0.5) is 5.69 Å². The van der Waals surface area contributed by atoms with Gasteiger partial charge in [0.15, 0.2) is 11.5 Å². The molecule has 0 aliphatic carbocycles. The van der Waals surface area contributed by atoms with E-state index < -0.39 is 0 Å². The fraction of sp³-hybridized carbons (Fsp3) is 0.316. The van der Waals surface area contributed by atoms with E-state index >= 15 is 0 Å². The summed E-state index contributed by atoms with van der Waals surface area (Å²) >= 11 is 0. The molecule has 0 aromatic heterocycles. The van der Waals surface area contributed by atoms with Crippen molar-refractivity contribution in [1.29, 1.82) is 0 Å². The predicted octanol–water partition coefficient (Wildman–Crippen LogP) is 3.28. The van der Waals surface area contributed by atoms with Crippen LogP contribution < -0.4 is 15.2 Å². The molecule has 1 atom stereocenters. The van der Waals surface area contributed by atoms with Crippen LogP contribution in [0.1, 0.15) is 40.4 Å². The minimum absolute atomic E-state index is 0.0416. The Hall–Kier alpha value is -2.69. The van der Waals surface area contributed by atoms with Gasteiger partial charge in [0.05, 0.1) is 6.04 Å². The van der Waals surface area contributed by atoms with Gasteiger partial charge in [-0.1, -0.05) is 12.1 Å². The van der Waals surface area contributed by atoms with Crippen molar-refractivity contribution in [2.45, 2.75) is 25.8 Å². The maximum atomic E-state index is 13.1. The number of nitrogens with two attached hydrogens (primary N) is 1. The van der Waals surface area contributed by atoms with E-state index in [2.05, 4.69) is 0 Å². The molecule has 124 valence electrons. The van der Waals surface area contributed by atoms with Crippen LogP contribution in [0, 0.1) is 6.92 Å². The first-order valence-electron chi connectivity index (χ1n) is 8.20. The largest absolute Gasteiger partial charge is 0.454 e. The standard InChI is InChI=1S/C19H20N2O3/c1-12-4-6-14(20)10-15(12)19(22)21-8-2-3-16(21)13-5-7-17-18(9-13)24-11-23-17/h4-7,9-10,16H,2-3,8,11,20H2,1H3. The zero-order valence-electron chi connectivity index (χ0n) is 13.6. The topological polar surface area (TPSA) is 64.8 Å². The van der Waals surface area contributed by atoms with Crippen LogP contribution >= 0.6 is 0 Å². The van der Waals surface area contributed by atoms with Gasteiger partial charge >= 0.3 is 0 Å². The molecular weight excluding hydrogens is 304 g/mol. The first-order chi connectivity index (χ1) is 11.6. The number of ether oxygens (including phenoxy) is 2. The Kier molecular flexibility index (Phi) is 3.56. The second-order valence-electron chi connectivity index (χ2n) is 6.34. The number of nitrogens with zero attached hydrogens (tertiary/aromatic N) is 1. The lowest BCUT2D eigenvalue weighted by Crippen LogP contribution is -2.31. The van der Waals surface area contributed by atoms with E-state index in [9.17, 15) is 4.79 Å². The van der Waals surface area contributed by atoms with E-state index in [0.717, 1.165) is 42.0 Å². The van der Waals surface area contributed by atoms with Gasteiger partial charge in [-0.2, -0.15) is 0 Å². The van der Waals surface area contributed by atoms with E-state index in [1.165, 1.54) is 0 Å². The molecule has 0 spiro atoms. The Morgan fingerprint density at radius 1 is 1.17 bits per heavy atom. The number of carbonyl (C=O) groups excluding carboxylic acids is 1. The molecule has 2 N–H and O–H groups in total. The van der Waals surface area contributed by atoms with E-state index in [0.29, 0.717) is 11.3 Å². The molecule has 2 aliphatic rings. The Bertz CT molecular complexity index is 803. The summed E-state index contributed by atoms with van der Waals surface area (Å²) < 4.78 is 10.8. The first kappa shape index (κ1) is 14.9. The number of hydrogen-bond donors (Lipinski definition) is 1. The van der Waals surface area contributed by atoms with Crippen molar-refractivity contribution in [3.05, 3.63) is 53.1 Å². The van der Waals surface area contributed by atoms with Crippen LogP contribution in [0.2, 0.25) is 0 Å². The van der Waals surface area contributed by atoms with Gasteiger partial charge in [0, 0.05) is 17.8 Å². The van der Waals surface area contributed by atoms with Gasteiger partial charge in [-0.3, -0.25) is 4.79 Å². The lowest BCUT2D eigenvalue weighted by Gasteiger charge is -2.26. The third-order valence-corrected chi connectivity index (χ3v) is 4.79. The van der Waals surface area contributed by atoms with Crippen molar-refractivity contribution in [2.24, 2.45) is 0 Å². The third-order valence-electron chi connectivity index (χ3n) is 4.79. The van der Waals surface area contributed by atoms with Crippen molar-refractivity contribution in [3.8, 4) is 11.5 Å². The highest BCUT2D eigenvalue weighted by atomic mass is 16.7. The molecule has 5 nitrogen and oxygen atoms in total. The number of anilines is 1. The summed E-state index contributed by atoms with van der Waals surface area (Å²) in [6.07, 6.45) is 1.94. The number of nitrogen functional groups attached to an aromatic ring is 1. The average molecular weight is 324 g/mol. The smallest absolute Gasteiger partial charge is 0.254 e. The van der Waals surface area contributed by atoms with Crippen LogP contribution in [-0.2, 0) is 0 Å². The van der Waals surface area contributed by atoms with Crippen molar-refractivity contribution in [3.63, 3.8) is 0 Å². The van der Waals surface area contributed by atoms with Crippen LogP contribution in [-0.4, -0.2) is 24.1 Å². The highest BCUT2D eigenvalue weighted by Gasteiger charge is 2.32. The quantitative estimate of drug-likeness (QED) is 0.861. The van der Waals surface area contributed by atoms with E-state index in [-0.39, 0.29) is 18.7 Å². The molecule has 2 aromatic rings. The number of rotatable bonds is 2. The minimum Gasteiger partial charge on any atom is -0.454 e. The predicted molar refractivity (Wildman–Crippen MR) is 91.2 cm³/mol. The number of benzene rings is 2. The van der Waals surface area contributed by atoms with Gasteiger partial charge in [-0.25, -0.2) is 0 Å². The number of fused-ring (bicyclic) bond motifs is 1. The molecule has 1 unspecified atom stereocenters. The molecule has 1 amide bonds. The first-order valence-corrected chi connectivity index (χ1v) is 8.20.